The molecule has 0 radical (unpaired) electrons. The van der Waals surface area contributed by atoms with Crippen LogP contribution >= 0.6 is 11.3 Å². The molecule has 0 aromatic carbocycles. The topological polar surface area (TPSA) is 91.3 Å². The smallest absolute Gasteiger partial charge is 0.281 e. The van der Waals surface area contributed by atoms with Crippen molar-refractivity contribution >= 4 is 32.5 Å². The van der Waals surface area contributed by atoms with Crippen molar-refractivity contribution < 1.29 is 8.42 Å². The molecule has 0 spiro atoms. The first-order chi connectivity index (χ1) is 11.9. The maximum absolute atomic E-state index is 12.2. The van der Waals surface area contributed by atoms with Crippen molar-refractivity contribution in [1.29, 1.82) is 0 Å². The lowest BCUT2D eigenvalue weighted by Gasteiger charge is -2.32. The first-order valence-electron chi connectivity index (χ1n) is 8.05. The minimum atomic E-state index is -3.34. The molecule has 1 N–H and O–H groups in total. The van der Waals surface area contributed by atoms with Gasteiger partial charge in [0.05, 0.1) is 11.9 Å². The highest BCUT2D eigenvalue weighted by Gasteiger charge is 2.30. The van der Waals surface area contributed by atoms with E-state index in [1.807, 2.05) is 13.1 Å². The van der Waals surface area contributed by atoms with Crippen LogP contribution in [0.25, 0.3) is 0 Å². The number of rotatable bonds is 5. The molecule has 0 unspecified atom stereocenters. The summed E-state index contributed by atoms with van der Waals surface area (Å²) in [5, 5.41) is 3.96. The molecule has 0 aliphatic carbocycles. The van der Waals surface area contributed by atoms with Crippen LogP contribution in [0, 0.1) is 6.92 Å². The molecule has 2 aromatic rings. The molecule has 1 aliphatic rings. The van der Waals surface area contributed by atoms with Crippen LogP contribution in [0.3, 0.4) is 0 Å². The fraction of sp³-hybridized carbons (Fsp3) is 0.533. The van der Waals surface area contributed by atoms with Crippen LogP contribution in [-0.2, 0) is 10.2 Å². The van der Waals surface area contributed by atoms with Crippen LogP contribution in [0.2, 0.25) is 0 Å². The molecule has 0 amide bonds. The van der Waals surface area contributed by atoms with E-state index in [4.69, 9.17) is 0 Å². The summed E-state index contributed by atoms with van der Waals surface area (Å²) in [5.74, 6) is 0.871. The molecule has 136 valence electrons. The van der Waals surface area contributed by atoms with Crippen LogP contribution in [0.1, 0.15) is 29.3 Å². The predicted molar refractivity (Wildman–Crippen MR) is 98.3 cm³/mol. The third kappa shape index (κ3) is 4.14. The Labute approximate surface area is 152 Å². The van der Waals surface area contributed by atoms with Gasteiger partial charge in [-0.05, 0) is 19.8 Å². The van der Waals surface area contributed by atoms with Gasteiger partial charge in [0.25, 0.3) is 10.2 Å². The zero-order chi connectivity index (χ0) is 18.0. The lowest BCUT2D eigenvalue weighted by molar-refractivity contribution is 0.300. The van der Waals surface area contributed by atoms with Gasteiger partial charge < -0.3 is 5.32 Å². The van der Waals surface area contributed by atoms with E-state index in [1.165, 1.54) is 8.61 Å². The van der Waals surface area contributed by atoms with Gasteiger partial charge in [-0.15, -0.1) is 11.3 Å². The number of thiazole rings is 1. The van der Waals surface area contributed by atoms with E-state index in [9.17, 15) is 8.42 Å². The fourth-order valence-corrected chi connectivity index (χ4v) is 4.58. The minimum absolute atomic E-state index is 0.209. The number of aryl methyl sites for hydroxylation is 1. The van der Waals surface area contributed by atoms with Crippen LogP contribution < -0.4 is 5.32 Å². The lowest BCUT2D eigenvalue weighted by Crippen LogP contribution is -2.44. The van der Waals surface area contributed by atoms with Gasteiger partial charge in [0, 0.05) is 50.4 Å². The largest absolute Gasteiger partial charge is 0.315 e. The van der Waals surface area contributed by atoms with Crippen LogP contribution in [-0.4, -0.2) is 59.2 Å². The van der Waals surface area contributed by atoms with Gasteiger partial charge in [-0.25, -0.2) is 9.97 Å². The number of nitrogens with zero attached hydrogens (tertiary/aromatic N) is 5. The lowest BCUT2D eigenvalue weighted by atomic mass is 9.95. The summed E-state index contributed by atoms with van der Waals surface area (Å²) in [4.78, 5) is 14.3. The van der Waals surface area contributed by atoms with Gasteiger partial charge in [-0.3, -0.25) is 4.98 Å². The van der Waals surface area contributed by atoms with Crippen molar-refractivity contribution in [3.8, 4) is 0 Å². The standard InChI is InChI=1S/C15H22N6O2S2/c1-11-8-17-15(24-11)19-14-10-16-9-13(18-14)12-4-6-21(7-5-12)25(22,23)20(2)3/h8-10,12H,4-7H2,1-3H3,(H,17,18,19). The summed E-state index contributed by atoms with van der Waals surface area (Å²) in [6.45, 7) is 2.99. The van der Waals surface area contributed by atoms with Crippen molar-refractivity contribution in [2.24, 2.45) is 0 Å². The van der Waals surface area contributed by atoms with Crippen molar-refractivity contribution in [3.63, 3.8) is 0 Å². The summed E-state index contributed by atoms with van der Waals surface area (Å²) >= 11 is 1.56. The predicted octanol–water partition coefficient (Wildman–Crippen LogP) is 1.97. The molecular weight excluding hydrogens is 360 g/mol. The molecule has 3 heterocycles. The van der Waals surface area contributed by atoms with Gasteiger partial charge in [0.1, 0.15) is 0 Å². The van der Waals surface area contributed by atoms with Gasteiger partial charge in [0.2, 0.25) is 0 Å². The SMILES string of the molecule is Cc1cnc(Nc2cncc(C3CCN(S(=O)(=O)N(C)C)CC3)n2)s1. The minimum Gasteiger partial charge on any atom is -0.315 e. The Morgan fingerprint density at radius 3 is 2.56 bits per heavy atom. The number of aromatic nitrogens is 3. The van der Waals surface area contributed by atoms with E-state index in [1.54, 1.807) is 37.8 Å². The second kappa shape index (κ2) is 7.32. The summed E-state index contributed by atoms with van der Waals surface area (Å²) in [7, 11) is -0.225. The Morgan fingerprint density at radius 1 is 1.24 bits per heavy atom. The Kier molecular flexibility index (Phi) is 5.32. The number of anilines is 2. The summed E-state index contributed by atoms with van der Waals surface area (Å²) in [6, 6.07) is 0. The van der Waals surface area contributed by atoms with E-state index in [-0.39, 0.29) is 5.92 Å². The maximum atomic E-state index is 12.2. The third-order valence-corrected chi connectivity index (χ3v) is 6.94. The van der Waals surface area contributed by atoms with E-state index >= 15 is 0 Å². The van der Waals surface area contributed by atoms with Gasteiger partial charge in [-0.2, -0.15) is 17.0 Å². The highest BCUT2D eigenvalue weighted by molar-refractivity contribution is 7.86. The Hall–Kier alpha value is -1.62. The molecule has 1 fully saturated rings. The number of nitrogens with one attached hydrogen (secondary N) is 1. The van der Waals surface area contributed by atoms with Gasteiger partial charge in [0.15, 0.2) is 10.9 Å². The van der Waals surface area contributed by atoms with Crippen molar-refractivity contribution in [2.45, 2.75) is 25.7 Å². The van der Waals surface area contributed by atoms with E-state index in [0.717, 1.165) is 28.5 Å². The zero-order valence-electron chi connectivity index (χ0n) is 14.5. The fourth-order valence-electron chi connectivity index (χ4n) is 2.77. The summed E-state index contributed by atoms with van der Waals surface area (Å²) < 4.78 is 27.2. The average molecular weight is 383 g/mol. The Morgan fingerprint density at radius 2 is 1.96 bits per heavy atom. The first kappa shape index (κ1) is 18.2. The Balaban J connectivity index is 1.67. The third-order valence-electron chi connectivity index (χ3n) is 4.17. The van der Waals surface area contributed by atoms with Crippen molar-refractivity contribution in [3.05, 3.63) is 29.2 Å². The number of hydrogen-bond acceptors (Lipinski definition) is 7. The molecule has 0 bridgehead atoms. The molecule has 10 heteroatoms. The van der Waals surface area contributed by atoms with E-state index in [2.05, 4.69) is 20.3 Å². The molecule has 3 rings (SSSR count). The number of piperidine rings is 1. The van der Waals surface area contributed by atoms with Crippen LogP contribution in [0.15, 0.2) is 18.6 Å². The molecular formula is C15H22N6O2S2. The average Bonchev–Trinajstić information content (AvgIpc) is 3.00. The number of hydrogen-bond donors (Lipinski definition) is 1. The molecule has 1 aliphatic heterocycles. The molecule has 0 saturated carbocycles. The van der Waals surface area contributed by atoms with Crippen LogP contribution in [0.4, 0.5) is 10.9 Å². The summed E-state index contributed by atoms with van der Waals surface area (Å²) in [5.41, 5.74) is 0.889. The van der Waals surface area contributed by atoms with E-state index < -0.39 is 10.2 Å². The molecule has 25 heavy (non-hydrogen) atoms. The molecule has 8 nitrogen and oxygen atoms in total. The highest BCUT2D eigenvalue weighted by atomic mass is 32.2. The maximum Gasteiger partial charge on any atom is 0.281 e. The van der Waals surface area contributed by atoms with Gasteiger partial charge >= 0.3 is 0 Å². The summed E-state index contributed by atoms with van der Waals surface area (Å²) in [6.07, 6.45) is 6.72. The molecule has 2 aromatic heterocycles. The van der Waals surface area contributed by atoms with E-state index in [0.29, 0.717) is 18.9 Å². The Bertz CT molecular complexity index is 828. The van der Waals surface area contributed by atoms with Crippen molar-refractivity contribution in [2.75, 3.05) is 32.5 Å². The normalized spacial score (nSPS) is 17.1. The molecule has 0 atom stereocenters. The zero-order valence-corrected chi connectivity index (χ0v) is 16.1. The van der Waals surface area contributed by atoms with Gasteiger partial charge in [-0.1, -0.05) is 0 Å². The van der Waals surface area contributed by atoms with Crippen LogP contribution in [0.5, 0.6) is 0 Å². The second-order valence-corrected chi connectivity index (χ2v) is 9.57. The highest BCUT2D eigenvalue weighted by Crippen LogP contribution is 2.29. The monoisotopic (exact) mass is 382 g/mol. The first-order valence-corrected chi connectivity index (χ1v) is 10.3. The second-order valence-electron chi connectivity index (χ2n) is 6.19. The molecule has 1 saturated heterocycles. The van der Waals surface area contributed by atoms with Crippen molar-refractivity contribution in [1.82, 2.24) is 23.6 Å². The quantitative estimate of drug-likeness (QED) is 0.850.